The van der Waals surface area contributed by atoms with Crippen molar-refractivity contribution in [1.29, 1.82) is 0 Å². The van der Waals surface area contributed by atoms with Crippen molar-refractivity contribution in [3.05, 3.63) is 53.8 Å². The minimum atomic E-state index is -0.455. The summed E-state index contributed by atoms with van der Waals surface area (Å²) in [5.74, 6) is 1.18. The van der Waals surface area contributed by atoms with Gasteiger partial charge in [0.15, 0.2) is 11.5 Å². The second-order valence-corrected chi connectivity index (χ2v) is 7.87. The van der Waals surface area contributed by atoms with Crippen LogP contribution < -0.4 is 20.1 Å². The third-order valence-corrected chi connectivity index (χ3v) is 5.63. The summed E-state index contributed by atoms with van der Waals surface area (Å²) in [5, 5.41) is 5.57. The standard InChI is InChI=1S/C23H26FN3O4/c24-18-5-1-2-6-19(18)26-23(29)27-11-3-4-16(14-27)8-10-22(28)25-13-17-7-9-20-21(12-17)31-15-30-20/h1-2,5-7,9,12,16H,3-4,8,10-11,13-15H2,(H,25,28)(H,26,29). The van der Waals surface area contributed by atoms with E-state index < -0.39 is 5.82 Å². The van der Waals surface area contributed by atoms with E-state index in [1.807, 2.05) is 18.2 Å². The fourth-order valence-electron chi connectivity index (χ4n) is 3.92. The lowest BCUT2D eigenvalue weighted by molar-refractivity contribution is -0.121. The summed E-state index contributed by atoms with van der Waals surface area (Å²) in [6, 6.07) is 11.4. The fraction of sp³-hybridized carbons (Fsp3) is 0.391. The number of benzene rings is 2. The van der Waals surface area contributed by atoms with Crippen LogP contribution >= 0.6 is 0 Å². The highest BCUT2D eigenvalue weighted by molar-refractivity contribution is 5.89. The van der Waals surface area contributed by atoms with Crippen molar-refractivity contribution in [1.82, 2.24) is 10.2 Å². The Hall–Kier alpha value is -3.29. The SMILES string of the molecule is O=C(CCC1CCCN(C(=O)Nc2ccccc2F)C1)NCc1ccc2c(c1)OCO2. The molecule has 8 heteroatoms. The molecule has 2 aromatic rings. The molecule has 1 unspecified atom stereocenters. The van der Waals surface area contributed by atoms with E-state index in [0.29, 0.717) is 38.2 Å². The van der Waals surface area contributed by atoms with Crippen molar-refractivity contribution < 1.29 is 23.5 Å². The zero-order chi connectivity index (χ0) is 21.6. The number of hydrogen-bond acceptors (Lipinski definition) is 4. The third kappa shape index (κ3) is 5.45. The van der Waals surface area contributed by atoms with Gasteiger partial charge in [-0.1, -0.05) is 18.2 Å². The van der Waals surface area contributed by atoms with Crippen molar-refractivity contribution in [3.63, 3.8) is 0 Å². The maximum absolute atomic E-state index is 13.8. The first-order valence-corrected chi connectivity index (χ1v) is 10.5. The molecule has 0 spiro atoms. The van der Waals surface area contributed by atoms with Crippen molar-refractivity contribution >= 4 is 17.6 Å². The number of carbonyl (C=O) groups is 2. The van der Waals surface area contributed by atoms with Gasteiger partial charge in [0, 0.05) is 26.1 Å². The number of ether oxygens (including phenoxy) is 2. The van der Waals surface area contributed by atoms with E-state index >= 15 is 0 Å². The fourth-order valence-corrected chi connectivity index (χ4v) is 3.92. The van der Waals surface area contributed by atoms with Crippen LogP contribution in [0.2, 0.25) is 0 Å². The number of rotatable bonds is 6. The number of fused-ring (bicyclic) bond motifs is 1. The Morgan fingerprint density at radius 3 is 2.84 bits per heavy atom. The highest BCUT2D eigenvalue weighted by atomic mass is 19.1. The molecular weight excluding hydrogens is 401 g/mol. The number of halogens is 1. The molecule has 2 N–H and O–H groups in total. The van der Waals surface area contributed by atoms with Crippen LogP contribution in [0.5, 0.6) is 11.5 Å². The molecule has 0 aromatic heterocycles. The molecule has 0 saturated carbocycles. The van der Waals surface area contributed by atoms with Crippen LogP contribution in [-0.4, -0.2) is 36.7 Å². The summed E-state index contributed by atoms with van der Waals surface area (Å²) in [6.45, 7) is 1.85. The predicted octanol–water partition coefficient (Wildman–Crippen LogP) is 3.89. The maximum atomic E-state index is 13.8. The third-order valence-electron chi connectivity index (χ3n) is 5.63. The van der Waals surface area contributed by atoms with E-state index in [-0.39, 0.29) is 30.3 Å². The molecule has 4 rings (SSSR count). The molecule has 7 nitrogen and oxygen atoms in total. The maximum Gasteiger partial charge on any atom is 0.321 e. The topological polar surface area (TPSA) is 79.9 Å². The Morgan fingerprint density at radius 2 is 1.97 bits per heavy atom. The van der Waals surface area contributed by atoms with Crippen LogP contribution in [0.4, 0.5) is 14.9 Å². The highest BCUT2D eigenvalue weighted by Gasteiger charge is 2.24. The second kappa shape index (κ2) is 9.68. The van der Waals surface area contributed by atoms with Crippen LogP contribution in [0.1, 0.15) is 31.2 Å². The minimum absolute atomic E-state index is 0.0226. The zero-order valence-electron chi connectivity index (χ0n) is 17.2. The number of likely N-dealkylation sites (tertiary alicyclic amines) is 1. The Bertz CT molecular complexity index is 952. The number of nitrogens with one attached hydrogen (secondary N) is 2. The van der Waals surface area contributed by atoms with E-state index in [9.17, 15) is 14.0 Å². The van der Waals surface area contributed by atoms with Crippen LogP contribution in [-0.2, 0) is 11.3 Å². The summed E-state index contributed by atoms with van der Waals surface area (Å²) in [6.07, 6.45) is 2.95. The van der Waals surface area contributed by atoms with Gasteiger partial charge in [-0.25, -0.2) is 9.18 Å². The molecule has 2 aliphatic heterocycles. The van der Waals surface area contributed by atoms with Gasteiger partial charge >= 0.3 is 6.03 Å². The lowest BCUT2D eigenvalue weighted by atomic mass is 9.93. The highest BCUT2D eigenvalue weighted by Crippen LogP contribution is 2.32. The van der Waals surface area contributed by atoms with Crippen molar-refractivity contribution in [2.24, 2.45) is 5.92 Å². The quantitative estimate of drug-likeness (QED) is 0.733. The van der Waals surface area contributed by atoms with Gasteiger partial charge in [-0.15, -0.1) is 0 Å². The molecular formula is C23H26FN3O4. The van der Waals surface area contributed by atoms with Crippen LogP contribution in [0.25, 0.3) is 0 Å². The first-order valence-electron chi connectivity index (χ1n) is 10.5. The Balaban J connectivity index is 1.21. The van der Waals surface area contributed by atoms with E-state index in [1.165, 1.54) is 6.07 Å². The molecule has 2 aromatic carbocycles. The van der Waals surface area contributed by atoms with E-state index in [1.54, 1.807) is 23.1 Å². The van der Waals surface area contributed by atoms with Gasteiger partial charge in [-0.3, -0.25) is 4.79 Å². The molecule has 0 aliphatic carbocycles. The van der Waals surface area contributed by atoms with Gasteiger partial charge < -0.3 is 25.0 Å². The number of piperidine rings is 1. The van der Waals surface area contributed by atoms with Gasteiger partial charge in [0.1, 0.15) is 5.82 Å². The van der Waals surface area contributed by atoms with Gasteiger partial charge in [-0.2, -0.15) is 0 Å². The predicted molar refractivity (Wildman–Crippen MR) is 113 cm³/mol. The van der Waals surface area contributed by atoms with E-state index in [0.717, 1.165) is 24.2 Å². The van der Waals surface area contributed by atoms with Crippen molar-refractivity contribution in [2.75, 3.05) is 25.2 Å². The summed E-state index contributed by atoms with van der Waals surface area (Å²) >= 11 is 0. The number of nitrogens with zero attached hydrogens (tertiary/aromatic N) is 1. The average molecular weight is 427 g/mol. The lowest BCUT2D eigenvalue weighted by Gasteiger charge is -2.32. The van der Waals surface area contributed by atoms with Crippen molar-refractivity contribution in [2.45, 2.75) is 32.2 Å². The number of anilines is 1. The Labute approximate surface area is 180 Å². The smallest absolute Gasteiger partial charge is 0.321 e. The molecule has 1 saturated heterocycles. The number of para-hydroxylation sites is 1. The second-order valence-electron chi connectivity index (χ2n) is 7.87. The van der Waals surface area contributed by atoms with Crippen molar-refractivity contribution in [3.8, 4) is 11.5 Å². The van der Waals surface area contributed by atoms with Crippen LogP contribution in [0.3, 0.4) is 0 Å². The summed E-state index contributed by atoms with van der Waals surface area (Å²) in [4.78, 5) is 26.5. The molecule has 2 aliphatic rings. The largest absolute Gasteiger partial charge is 0.454 e. The minimum Gasteiger partial charge on any atom is -0.454 e. The Kier molecular flexibility index (Phi) is 6.54. The summed E-state index contributed by atoms with van der Waals surface area (Å²) in [7, 11) is 0. The summed E-state index contributed by atoms with van der Waals surface area (Å²) < 4.78 is 24.4. The molecule has 1 fully saturated rings. The van der Waals surface area contributed by atoms with Gasteiger partial charge in [0.2, 0.25) is 12.7 Å². The molecule has 0 bridgehead atoms. The average Bonchev–Trinajstić information content (AvgIpc) is 3.26. The first-order chi connectivity index (χ1) is 15.1. The molecule has 164 valence electrons. The first kappa shape index (κ1) is 21.0. The van der Waals surface area contributed by atoms with Gasteiger partial charge in [0.25, 0.3) is 0 Å². The van der Waals surface area contributed by atoms with E-state index in [4.69, 9.17) is 9.47 Å². The normalized spacial score (nSPS) is 17.3. The molecule has 31 heavy (non-hydrogen) atoms. The summed E-state index contributed by atoms with van der Waals surface area (Å²) in [5.41, 5.74) is 1.13. The number of hydrogen-bond donors (Lipinski definition) is 2. The lowest BCUT2D eigenvalue weighted by Crippen LogP contribution is -2.42. The number of amides is 3. The monoisotopic (exact) mass is 427 g/mol. The van der Waals surface area contributed by atoms with Crippen LogP contribution in [0, 0.1) is 11.7 Å². The molecule has 1 atom stereocenters. The zero-order valence-corrected chi connectivity index (χ0v) is 17.2. The number of carbonyl (C=O) groups excluding carboxylic acids is 2. The van der Waals surface area contributed by atoms with Gasteiger partial charge in [0.05, 0.1) is 5.69 Å². The number of urea groups is 1. The Morgan fingerprint density at radius 1 is 1.13 bits per heavy atom. The van der Waals surface area contributed by atoms with Gasteiger partial charge in [-0.05, 0) is 55.0 Å². The molecule has 3 amide bonds. The molecule has 0 radical (unpaired) electrons. The molecule has 2 heterocycles. The van der Waals surface area contributed by atoms with E-state index in [2.05, 4.69) is 10.6 Å². The van der Waals surface area contributed by atoms with Crippen LogP contribution in [0.15, 0.2) is 42.5 Å².